The molecule has 0 aliphatic carbocycles. The van der Waals surface area contributed by atoms with Crippen molar-refractivity contribution in [2.24, 2.45) is 11.7 Å². The van der Waals surface area contributed by atoms with E-state index in [0.717, 1.165) is 6.54 Å². The van der Waals surface area contributed by atoms with Crippen molar-refractivity contribution in [3.8, 4) is 0 Å². The van der Waals surface area contributed by atoms with Crippen LogP contribution in [0.4, 0.5) is 0 Å². The van der Waals surface area contributed by atoms with Gasteiger partial charge < -0.3 is 11.1 Å². The Morgan fingerprint density at radius 3 is 2.42 bits per heavy atom. The highest BCUT2D eigenvalue weighted by molar-refractivity contribution is 5.82. The number of rotatable bonds is 5. The van der Waals surface area contributed by atoms with Crippen molar-refractivity contribution in [3.05, 3.63) is 48.0 Å². The fraction of sp³-hybridized carbons (Fsp3) is 0.412. The Morgan fingerprint density at radius 1 is 1.11 bits per heavy atom. The maximum absolute atomic E-state index is 5.90. The van der Waals surface area contributed by atoms with E-state index in [-0.39, 0.29) is 5.54 Å². The van der Waals surface area contributed by atoms with Crippen LogP contribution < -0.4 is 11.1 Å². The van der Waals surface area contributed by atoms with Crippen LogP contribution in [0.1, 0.15) is 26.3 Å². The summed E-state index contributed by atoms with van der Waals surface area (Å²) in [6.07, 6.45) is 0. The predicted molar refractivity (Wildman–Crippen MR) is 83.1 cm³/mol. The van der Waals surface area contributed by atoms with Crippen LogP contribution in [-0.4, -0.2) is 12.1 Å². The van der Waals surface area contributed by atoms with Crippen molar-refractivity contribution in [1.82, 2.24) is 5.32 Å². The van der Waals surface area contributed by atoms with E-state index in [0.29, 0.717) is 12.5 Å². The van der Waals surface area contributed by atoms with E-state index in [4.69, 9.17) is 5.73 Å². The highest BCUT2D eigenvalue weighted by Gasteiger charge is 2.25. The zero-order valence-electron chi connectivity index (χ0n) is 12.1. The summed E-state index contributed by atoms with van der Waals surface area (Å²) in [5.74, 6) is 0.512. The van der Waals surface area contributed by atoms with Gasteiger partial charge in [0.05, 0.1) is 0 Å². The molecule has 0 spiro atoms. The molecule has 0 amide bonds. The van der Waals surface area contributed by atoms with Crippen LogP contribution in [0.5, 0.6) is 0 Å². The number of benzene rings is 2. The Kier molecular flexibility index (Phi) is 4.23. The van der Waals surface area contributed by atoms with Crippen molar-refractivity contribution >= 4 is 10.8 Å². The van der Waals surface area contributed by atoms with E-state index in [2.05, 4.69) is 68.6 Å². The molecule has 0 radical (unpaired) electrons. The molecule has 2 heteroatoms. The number of nitrogens with one attached hydrogen (secondary N) is 1. The topological polar surface area (TPSA) is 38.0 Å². The fourth-order valence-corrected chi connectivity index (χ4v) is 2.16. The molecular weight excluding hydrogens is 232 g/mol. The third-order valence-electron chi connectivity index (χ3n) is 4.21. The zero-order chi connectivity index (χ0) is 13.9. The van der Waals surface area contributed by atoms with Gasteiger partial charge in [-0.15, -0.1) is 0 Å². The lowest BCUT2D eigenvalue weighted by atomic mass is 9.88. The molecule has 2 aromatic rings. The van der Waals surface area contributed by atoms with Crippen LogP contribution in [0.2, 0.25) is 0 Å². The Balaban J connectivity index is 2.13. The number of nitrogens with two attached hydrogens (primary N) is 1. The van der Waals surface area contributed by atoms with E-state index < -0.39 is 0 Å². The molecule has 2 aromatic carbocycles. The molecular formula is C17H24N2. The van der Waals surface area contributed by atoms with Gasteiger partial charge in [-0.25, -0.2) is 0 Å². The molecule has 0 aliphatic heterocycles. The monoisotopic (exact) mass is 256 g/mol. The molecule has 0 heterocycles. The molecule has 1 atom stereocenters. The second-order valence-corrected chi connectivity index (χ2v) is 5.81. The average molecular weight is 256 g/mol. The zero-order valence-corrected chi connectivity index (χ0v) is 12.1. The minimum Gasteiger partial charge on any atom is -0.329 e. The number of fused-ring (bicyclic) bond motifs is 1. The summed E-state index contributed by atoms with van der Waals surface area (Å²) in [6.45, 7) is 8.12. The Bertz CT molecular complexity index is 548. The van der Waals surface area contributed by atoms with Gasteiger partial charge in [-0.2, -0.15) is 0 Å². The lowest BCUT2D eigenvalue weighted by Crippen LogP contribution is -2.52. The minimum absolute atomic E-state index is 0.00829. The standard InChI is InChI=1S/C17H24N2/c1-13(2)17(3,12-18)19-11-14-8-9-15-6-4-5-7-16(15)10-14/h4-10,13,19H,11-12,18H2,1-3H3. The van der Waals surface area contributed by atoms with Crippen molar-refractivity contribution < 1.29 is 0 Å². The van der Waals surface area contributed by atoms with Crippen LogP contribution in [0.25, 0.3) is 10.8 Å². The van der Waals surface area contributed by atoms with E-state index in [1.807, 2.05) is 0 Å². The quantitative estimate of drug-likeness (QED) is 0.861. The van der Waals surface area contributed by atoms with Crippen LogP contribution in [0, 0.1) is 5.92 Å². The lowest BCUT2D eigenvalue weighted by molar-refractivity contribution is 0.267. The fourth-order valence-electron chi connectivity index (χ4n) is 2.16. The molecule has 2 rings (SSSR count). The molecule has 102 valence electrons. The Morgan fingerprint density at radius 2 is 1.79 bits per heavy atom. The first kappa shape index (κ1) is 14.0. The minimum atomic E-state index is -0.00829. The molecule has 19 heavy (non-hydrogen) atoms. The van der Waals surface area contributed by atoms with Crippen molar-refractivity contribution in [2.75, 3.05) is 6.54 Å². The van der Waals surface area contributed by atoms with Gasteiger partial charge in [-0.1, -0.05) is 50.2 Å². The van der Waals surface area contributed by atoms with Crippen molar-refractivity contribution in [1.29, 1.82) is 0 Å². The molecule has 0 saturated heterocycles. The molecule has 2 nitrogen and oxygen atoms in total. The number of hydrogen-bond acceptors (Lipinski definition) is 2. The van der Waals surface area contributed by atoms with Gasteiger partial charge in [-0.3, -0.25) is 0 Å². The van der Waals surface area contributed by atoms with Crippen molar-refractivity contribution in [3.63, 3.8) is 0 Å². The summed E-state index contributed by atoms with van der Waals surface area (Å²) in [6, 6.07) is 15.1. The third-order valence-corrected chi connectivity index (χ3v) is 4.21. The van der Waals surface area contributed by atoms with E-state index in [1.54, 1.807) is 0 Å². The van der Waals surface area contributed by atoms with Gasteiger partial charge in [0.2, 0.25) is 0 Å². The normalized spacial score (nSPS) is 14.8. The van der Waals surface area contributed by atoms with E-state index in [1.165, 1.54) is 16.3 Å². The van der Waals surface area contributed by atoms with Crippen LogP contribution in [0.3, 0.4) is 0 Å². The SMILES string of the molecule is CC(C)C(C)(CN)NCc1ccc2ccccc2c1. The highest BCUT2D eigenvalue weighted by atomic mass is 15.0. The first-order chi connectivity index (χ1) is 9.05. The van der Waals surface area contributed by atoms with Crippen LogP contribution >= 0.6 is 0 Å². The molecule has 0 saturated carbocycles. The molecule has 3 N–H and O–H groups in total. The van der Waals surface area contributed by atoms with Crippen LogP contribution in [0.15, 0.2) is 42.5 Å². The Labute approximate surface area is 116 Å². The van der Waals surface area contributed by atoms with Crippen molar-refractivity contribution in [2.45, 2.75) is 32.9 Å². The predicted octanol–water partition coefficient (Wildman–Crippen LogP) is 3.30. The van der Waals surface area contributed by atoms with Gasteiger partial charge in [-0.05, 0) is 35.2 Å². The highest BCUT2D eigenvalue weighted by Crippen LogP contribution is 2.18. The first-order valence-electron chi connectivity index (χ1n) is 6.98. The maximum Gasteiger partial charge on any atom is 0.0301 e. The maximum atomic E-state index is 5.90. The first-order valence-corrected chi connectivity index (χ1v) is 6.98. The summed E-state index contributed by atoms with van der Waals surface area (Å²) in [4.78, 5) is 0. The summed E-state index contributed by atoms with van der Waals surface area (Å²) in [7, 11) is 0. The summed E-state index contributed by atoms with van der Waals surface area (Å²) >= 11 is 0. The average Bonchev–Trinajstić information content (AvgIpc) is 2.44. The number of hydrogen-bond donors (Lipinski definition) is 2. The summed E-state index contributed by atoms with van der Waals surface area (Å²) < 4.78 is 0. The smallest absolute Gasteiger partial charge is 0.0301 e. The second-order valence-electron chi connectivity index (χ2n) is 5.81. The second kappa shape index (κ2) is 5.72. The van der Waals surface area contributed by atoms with Gasteiger partial charge in [0.1, 0.15) is 0 Å². The molecule has 0 aliphatic rings. The lowest BCUT2D eigenvalue weighted by Gasteiger charge is -2.34. The molecule has 0 fully saturated rings. The van der Waals surface area contributed by atoms with E-state index >= 15 is 0 Å². The molecule has 0 bridgehead atoms. The van der Waals surface area contributed by atoms with E-state index in [9.17, 15) is 0 Å². The van der Waals surface area contributed by atoms with Gasteiger partial charge in [0, 0.05) is 18.6 Å². The third kappa shape index (κ3) is 3.14. The van der Waals surface area contributed by atoms with Crippen LogP contribution in [-0.2, 0) is 6.54 Å². The molecule has 1 unspecified atom stereocenters. The van der Waals surface area contributed by atoms with Gasteiger partial charge >= 0.3 is 0 Å². The van der Waals surface area contributed by atoms with Gasteiger partial charge in [0.15, 0.2) is 0 Å². The largest absolute Gasteiger partial charge is 0.329 e. The summed E-state index contributed by atoms with van der Waals surface area (Å²) in [5.41, 5.74) is 7.20. The summed E-state index contributed by atoms with van der Waals surface area (Å²) in [5, 5.41) is 6.18. The molecule has 0 aromatic heterocycles. The van der Waals surface area contributed by atoms with Gasteiger partial charge in [0.25, 0.3) is 0 Å². The Hall–Kier alpha value is -1.38.